The van der Waals surface area contributed by atoms with Gasteiger partial charge in [-0.1, -0.05) is 43.2 Å². The Bertz CT molecular complexity index is 339. The lowest BCUT2D eigenvalue weighted by Gasteiger charge is -2.35. The first-order valence-electron chi connectivity index (χ1n) is 6.93. The summed E-state index contributed by atoms with van der Waals surface area (Å²) in [7, 11) is 0. The van der Waals surface area contributed by atoms with Crippen LogP contribution >= 0.6 is 0 Å². The van der Waals surface area contributed by atoms with Crippen LogP contribution in [0.5, 0.6) is 0 Å². The van der Waals surface area contributed by atoms with E-state index in [1.54, 1.807) is 0 Å². The monoisotopic (exact) mass is 230 g/mol. The van der Waals surface area contributed by atoms with Crippen molar-refractivity contribution in [1.82, 2.24) is 10.2 Å². The van der Waals surface area contributed by atoms with Gasteiger partial charge in [0.2, 0.25) is 0 Å². The Labute approximate surface area is 104 Å². The summed E-state index contributed by atoms with van der Waals surface area (Å²) in [5.74, 6) is 0.995. The molecular formula is C15H22N2. The summed E-state index contributed by atoms with van der Waals surface area (Å²) in [6, 6.07) is 11.7. The number of rotatable bonds is 4. The molecule has 1 aromatic carbocycles. The molecule has 1 N–H and O–H groups in total. The highest BCUT2D eigenvalue weighted by atomic mass is 15.2. The third-order valence-corrected chi connectivity index (χ3v) is 4.03. The van der Waals surface area contributed by atoms with E-state index in [-0.39, 0.29) is 0 Å². The molecule has 0 aromatic heterocycles. The summed E-state index contributed by atoms with van der Waals surface area (Å²) in [6.45, 7) is 4.70. The van der Waals surface area contributed by atoms with Crippen molar-refractivity contribution in [2.75, 3.05) is 26.2 Å². The quantitative estimate of drug-likeness (QED) is 0.854. The Balaban J connectivity index is 1.75. The Kier molecular flexibility index (Phi) is 3.44. The topological polar surface area (TPSA) is 15.3 Å². The van der Waals surface area contributed by atoms with E-state index >= 15 is 0 Å². The Morgan fingerprint density at radius 3 is 2.47 bits per heavy atom. The molecule has 3 rings (SSSR count). The number of nitrogens with zero attached hydrogens (tertiary/aromatic N) is 1. The predicted octanol–water partition coefficient (Wildman–Crippen LogP) is 2.43. The molecule has 1 aliphatic carbocycles. The number of nitrogens with one attached hydrogen (secondary N) is 1. The van der Waals surface area contributed by atoms with Crippen LogP contribution in [-0.4, -0.2) is 31.1 Å². The minimum Gasteiger partial charge on any atom is -0.314 e. The van der Waals surface area contributed by atoms with Crippen molar-refractivity contribution in [2.24, 2.45) is 5.92 Å². The van der Waals surface area contributed by atoms with Crippen molar-refractivity contribution in [3.05, 3.63) is 35.9 Å². The molecule has 1 heterocycles. The molecule has 0 amide bonds. The zero-order valence-electron chi connectivity index (χ0n) is 10.4. The lowest BCUT2D eigenvalue weighted by Crippen LogP contribution is -2.45. The molecule has 1 saturated carbocycles. The SMILES string of the molecule is c1ccc([C@H](CC2CC2)N2CCNCC2)cc1. The van der Waals surface area contributed by atoms with Gasteiger partial charge in [-0.15, -0.1) is 0 Å². The third kappa shape index (κ3) is 2.88. The molecule has 1 atom stereocenters. The summed E-state index contributed by atoms with van der Waals surface area (Å²) >= 11 is 0. The molecule has 2 heteroatoms. The van der Waals surface area contributed by atoms with Crippen LogP contribution in [0.2, 0.25) is 0 Å². The Morgan fingerprint density at radius 2 is 1.82 bits per heavy atom. The van der Waals surface area contributed by atoms with E-state index in [0.29, 0.717) is 6.04 Å². The first-order valence-corrected chi connectivity index (χ1v) is 6.93. The number of piperazine rings is 1. The number of hydrogen-bond donors (Lipinski definition) is 1. The van der Waals surface area contributed by atoms with E-state index in [0.717, 1.165) is 19.0 Å². The van der Waals surface area contributed by atoms with E-state index in [1.165, 1.54) is 37.9 Å². The second-order valence-corrected chi connectivity index (χ2v) is 5.39. The Morgan fingerprint density at radius 1 is 1.12 bits per heavy atom. The van der Waals surface area contributed by atoms with Gasteiger partial charge in [-0.3, -0.25) is 4.90 Å². The van der Waals surface area contributed by atoms with Crippen molar-refractivity contribution in [3.8, 4) is 0 Å². The molecule has 0 radical (unpaired) electrons. The largest absolute Gasteiger partial charge is 0.314 e. The zero-order chi connectivity index (χ0) is 11.5. The van der Waals surface area contributed by atoms with Crippen molar-refractivity contribution < 1.29 is 0 Å². The molecule has 92 valence electrons. The summed E-state index contributed by atoms with van der Waals surface area (Å²) in [5, 5.41) is 3.45. The van der Waals surface area contributed by atoms with Crippen LogP contribution in [0, 0.1) is 5.92 Å². The van der Waals surface area contributed by atoms with Crippen LogP contribution in [-0.2, 0) is 0 Å². The van der Waals surface area contributed by atoms with Crippen LogP contribution in [0.4, 0.5) is 0 Å². The van der Waals surface area contributed by atoms with Crippen molar-refractivity contribution in [1.29, 1.82) is 0 Å². The Hall–Kier alpha value is -0.860. The molecule has 0 bridgehead atoms. The first kappa shape index (κ1) is 11.2. The third-order valence-electron chi connectivity index (χ3n) is 4.03. The zero-order valence-corrected chi connectivity index (χ0v) is 10.4. The van der Waals surface area contributed by atoms with E-state index in [9.17, 15) is 0 Å². The highest BCUT2D eigenvalue weighted by Crippen LogP contribution is 2.40. The van der Waals surface area contributed by atoms with E-state index in [2.05, 4.69) is 40.5 Å². The molecule has 1 aliphatic heterocycles. The van der Waals surface area contributed by atoms with Crippen LogP contribution in [0.25, 0.3) is 0 Å². The second kappa shape index (κ2) is 5.19. The maximum atomic E-state index is 3.45. The molecule has 2 aliphatic rings. The smallest absolute Gasteiger partial charge is 0.0351 e. The van der Waals surface area contributed by atoms with E-state index in [1.807, 2.05) is 0 Å². The molecule has 0 unspecified atom stereocenters. The van der Waals surface area contributed by atoms with Crippen molar-refractivity contribution in [2.45, 2.75) is 25.3 Å². The highest BCUT2D eigenvalue weighted by molar-refractivity contribution is 5.19. The van der Waals surface area contributed by atoms with Gasteiger partial charge in [-0.25, -0.2) is 0 Å². The lowest BCUT2D eigenvalue weighted by atomic mass is 9.99. The number of benzene rings is 1. The van der Waals surface area contributed by atoms with Gasteiger partial charge >= 0.3 is 0 Å². The van der Waals surface area contributed by atoms with Crippen LogP contribution in [0.1, 0.15) is 30.9 Å². The van der Waals surface area contributed by atoms with Gasteiger partial charge in [0.1, 0.15) is 0 Å². The van der Waals surface area contributed by atoms with Gasteiger partial charge in [-0.05, 0) is 17.9 Å². The standard InChI is InChI=1S/C15H22N2/c1-2-4-14(5-3-1)15(12-13-6-7-13)17-10-8-16-9-11-17/h1-5,13,15-16H,6-12H2/t15-/m0/s1. The molecule has 1 aromatic rings. The second-order valence-electron chi connectivity index (χ2n) is 5.39. The van der Waals surface area contributed by atoms with E-state index in [4.69, 9.17) is 0 Å². The fraction of sp³-hybridized carbons (Fsp3) is 0.600. The fourth-order valence-corrected chi connectivity index (χ4v) is 2.83. The van der Waals surface area contributed by atoms with Crippen LogP contribution < -0.4 is 5.32 Å². The maximum Gasteiger partial charge on any atom is 0.0351 e. The van der Waals surface area contributed by atoms with Gasteiger partial charge in [0, 0.05) is 32.2 Å². The average molecular weight is 230 g/mol. The van der Waals surface area contributed by atoms with Gasteiger partial charge in [-0.2, -0.15) is 0 Å². The van der Waals surface area contributed by atoms with Gasteiger partial charge in [0.05, 0.1) is 0 Å². The minimum absolute atomic E-state index is 0.658. The van der Waals surface area contributed by atoms with Crippen molar-refractivity contribution in [3.63, 3.8) is 0 Å². The first-order chi connectivity index (χ1) is 8.43. The minimum atomic E-state index is 0.658. The predicted molar refractivity (Wildman–Crippen MR) is 71.0 cm³/mol. The summed E-state index contributed by atoms with van der Waals surface area (Å²) in [6.07, 6.45) is 4.27. The highest BCUT2D eigenvalue weighted by Gasteiger charge is 2.30. The summed E-state index contributed by atoms with van der Waals surface area (Å²) in [4.78, 5) is 2.67. The normalized spacial score (nSPS) is 23.5. The van der Waals surface area contributed by atoms with Crippen LogP contribution in [0.3, 0.4) is 0 Å². The molecule has 2 fully saturated rings. The fourth-order valence-electron chi connectivity index (χ4n) is 2.83. The molecule has 0 spiro atoms. The molecule has 2 nitrogen and oxygen atoms in total. The molecule has 1 saturated heterocycles. The van der Waals surface area contributed by atoms with Crippen LogP contribution in [0.15, 0.2) is 30.3 Å². The average Bonchev–Trinajstić information content (AvgIpc) is 3.22. The van der Waals surface area contributed by atoms with Gasteiger partial charge in [0.15, 0.2) is 0 Å². The molecule has 17 heavy (non-hydrogen) atoms. The van der Waals surface area contributed by atoms with E-state index < -0.39 is 0 Å². The summed E-state index contributed by atoms with van der Waals surface area (Å²) < 4.78 is 0. The number of hydrogen-bond acceptors (Lipinski definition) is 2. The van der Waals surface area contributed by atoms with Gasteiger partial charge < -0.3 is 5.32 Å². The van der Waals surface area contributed by atoms with Crippen molar-refractivity contribution >= 4 is 0 Å². The molecular weight excluding hydrogens is 208 g/mol. The lowest BCUT2D eigenvalue weighted by molar-refractivity contribution is 0.160. The van der Waals surface area contributed by atoms with Gasteiger partial charge in [0.25, 0.3) is 0 Å². The summed E-state index contributed by atoms with van der Waals surface area (Å²) in [5.41, 5.74) is 1.52. The maximum absolute atomic E-state index is 3.45.